The van der Waals surface area contributed by atoms with E-state index in [0.717, 1.165) is 9.86 Å². The van der Waals surface area contributed by atoms with Gasteiger partial charge < -0.3 is 15.4 Å². The lowest BCUT2D eigenvalue weighted by Crippen LogP contribution is -2.27. The van der Waals surface area contributed by atoms with Gasteiger partial charge in [0, 0.05) is 16.1 Å². The van der Waals surface area contributed by atoms with Crippen LogP contribution in [-0.4, -0.2) is 25.6 Å². The molecule has 1 unspecified atom stereocenters. The maximum absolute atomic E-state index is 12.8. The third-order valence-electron chi connectivity index (χ3n) is 4.06. The van der Waals surface area contributed by atoms with E-state index in [2.05, 4.69) is 31.3 Å². The highest BCUT2D eigenvalue weighted by Gasteiger charge is 2.27. The number of rotatable bonds is 5. The molecule has 0 aliphatic heterocycles. The molecule has 0 saturated heterocycles. The highest BCUT2D eigenvalue weighted by Crippen LogP contribution is 2.29. The molecule has 0 aliphatic carbocycles. The largest absolute Gasteiger partial charge is 0.390 e. The second-order valence-electron chi connectivity index (χ2n) is 5.75. The molecule has 134 valence electrons. The minimum atomic E-state index is -0.661. The van der Waals surface area contributed by atoms with E-state index in [1.807, 2.05) is 25.1 Å². The molecule has 0 aliphatic rings. The Balaban J connectivity index is 1.94. The second kappa shape index (κ2) is 7.20. The number of fused-ring (bicyclic) bond motifs is 1. The van der Waals surface area contributed by atoms with Crippen LogP contribution in [-0.2, 0) is 4.79 Å². The normalized spacial score (nSPS) is 12.1. The van der Waals surface area contributed by atoms with E-state index in [9.17, 15) is 14.9 Å². The number of benzene rings is 1. The van der Waals surface area contributed by atoms with Gasteiger partial charge in [-0.25, -0.2) is 0 Å². The first-order valence-electron chi connectivity index (χ1n) is 7.97. The van der Waals surface area contributed by atoms with Gasteiger partial charge in [-0.05, 0) is 36.5 Å². The Morgan fingerprint density at radius 3 is 2.85 bits per heavy atom. The van der Waals surface area contributed by atoms with Crippen molar-refractivity contribution in [3.05, 3.63) is 56.8 Å². The number of aryl methyl sites for hydroxylation is 1. The average molecular weight is 418 g/mol. The van der Waals surface area contributed by atoms with Crippen LogP contribution in [0.4, 0.5) is 11.5 Å². The predicted octanol–water partition coefficient (Wildman–Crippen LogP) is 4.00. The molecule has 2 aromatic heterocycles. The molecule has 8 nitrogen and oxygen atoms in total. The van der Waals surface area contributed by atoms with Gasteiger partial charge in [-0.3, -0.25) is 9.78 Å². The summed E-state index contributed by atoms with van der Waals surface area (Å²) in [6.07, 6.45) is 2.09. The van der Waals surface area contributed by atoms with Crippen molar-refractivity contribution in [2.24, 2.45) is 0 Å². The number of carbonyl (C=O) groups is 1. The summed E-state index contributed by atoms with van der Waals surface area (Å²) in [6.45, 7) is 3.52. The van der Waals surface area contributed by atoms with Crippen molar-refractivity contribution in [1.29, 1.82) is 0 Å². The smallest absolute Gasteiger partial charge is 0.358 e. The zero-order valence-electron chi connectivity index (χ0n) is 14.1. The number of carbonyl (C=O) groups excluding carboxylic acids is 1. The molecule has 1 atom stereocenters. The van der Waals surface area contributed by atoms with Crippen LogP contribution in [0.5, 0.6) is 0 Å². The monoisotopic (exact) mass is 417 g/mol. The first kappa shape index (κ1) is 18.0. The van der Waals surface area contributed by atoms with Crippen molar-refractivity contribution in [2.45, 2.75) is 26.3 Å². The molecule has 0 spiro atoms. The van der Waals surface area contributed by atoms with Crippen molar-refractivity contribution in [3.63, 3.8) is 0 Å². The Kier molecular flexibility index (Phi) is 4.99. The molecule has 0 fully saturated rings. The zero-order valence-corrected chi connectivity index (χ0v) is 15.7. The summed E-state index contributed by atoms with van der Waals surface area (Å²) in [5, 5.41) is 18.6. The van der Waals surface area contributed by atoms with Gasteiger partial charge in [-0.2, -0.15) is 4.68 Å². The Morgan fingerprint density at radius 1 is 1.42 bits per heavy atom. The van der Waals surface area contributed by atoms with Gasteiger partial charge in [-0.15, -0.1) is 0 Å². The molecule has 3 rings (SSSR count). The molecule has 1 N–H and O–H groups in total. The Labute approximate surface area is 157 Å². The number of pyridine rings is 1. The second-order valence-corrected chi connectivity index (χ2v) is 6.61. The number of nitro groups is 1. The predicted molar refractivity (Wildman–Crippen MR) is 101 cm³/mol. The van der Waals surface area contributed by atoms with E-state index in [4.69, 9.17) is 0 Å². The molecule has 2 heterocycles. The van der Waals surface area contributed by atoms with Crippen LogP contribution in [0.25, 0.3) is 10.9 Å². The molecule has 0 bridgehead atoms. The summed E-state index contributed by atoms with van der Waals surface area (Å²) in [6, 6.07) is 8.02. The number of halogens is 1. The van der Waals surface area contributed by atoms with E-state index < -0.39 is 11.0 Å². The first-order chi connectivity index (χ1) is 12.4. The van der Waals surface area contributed by atoms with E-state index in [1.165, 1.54) is 10.7 Å². The van der Waals surface area contributed by atoms with Crippen molar-refractivity contribution < 1.29 is 9.72 Å². The molecule has 1 aromatic carbocycles. The lowest BCUT2D eigenvalue weighted by molar-refractivity contribution is -0.389. The van der Waals surface area contributed by atoms with Crippen LogP contribution in [0.1, 0.15) is 25.1 Å². The fourth-order valence-corrected chi connectivity index (χ4v) is 3.25. The third kappa shape index (κ3) is 3.30. The van der Waals surface area contributed by atoms with Gasteiger partial charge in [0.1, 0.15) is 0 Å². The topological polar surface area (TPSA) is 103 Å². The Morgan fingerprint density at radius 2 is 2.19 bits per heavy atom. The summed E-state index contributed by atoms with van der Waals surface area (Å²) in [5.41, 5.74) is 1.79. The molecular formula is C17H16BrN5O3. The van der Waals surface area contributed by atoms with E-state index >= 15 is 0 Å². The molecular weight excluding hydrogens is 402 g/mol. The van der Waals surface area contributed by atoms with Crippen molar-refractivity contribution in [3.8, 4) is 0 Å². The molecule has 9 heteroatoms. The number of aromatic nitrogens is 3. The lowest BCUT2D eigenvalue weighted by Gasteiger charge is -2.15. The highest BCUT2D eigenvalue weighted by molar-refractivity contribution is 9.10. The summed E-state index contributed by atoms with van der Waals surface area (Å²) < 4.78 is 2.27. The Bertz CT molecular complexity index is 1000. The number of nitrogens with zero attached hydrogens (tertiary/aromatic N) is 4. The fraction of sp³-hybridized carbons (Fsp3) is 0.235. The zero-order chi connectivity index (χ0) is 18.8. The molecule has 1 amide bonds. The molecule has 3 aromatic rings. The van der Waals surface area contributed by atoms with Crippen molar-refractivity contribution in [2.75, 3.05) is 5.32 Å². The van der Waals surface area contributed by atoms with Crippen LogP contribution in [0.2, 0.25) is 0 Å². The minimum Gasteiger partial charge on any atom is -0.358 e. The Hall–Kier alpha value is -2.81. The minimum absolute atomic E-state index is 0.274. The maximum Gasteiger partial charge on any atom is 0.390 e. The number of anilines is 1. The van der Waals surface area contributed by atoms with E-state index in [0.29, 0.717) is 23.3 Å². The van der Waals surface area contributed by atoms with Crippen LogP contribution in [0, 0.1) is 17.0 Å². The quantitative estimate of drug-likeness (QED) is 0.498. The van der Waals surface area contributed by atoms with Crippen molar-refractivity contribution in [1.82, 2.24) is 14.8 Å². The standard InChI is InChI=1S/C17H16BrN5O3/c1-3-14(22-10(2)9-15(21-22)23(25)26)17(24)20-13-7-6-12(18)11-5-4-8-19-16(11)13/h4-9,14H,3H2,1-2H3,(H,20,24). The molecule has 0 radical (unpaired) electrons. The SMILES string of the molecule is CCC(C(=O)Nc1ccc(Br)c2cccnc12)n1nc([N+](=O)[O-])cc1C. The lowest BCUT2D eigenvalue weighted by atomic mass is 10.1. The first-order valence-corrected chi connectivity index (χ1v) is 8.76. The number of amides is 1. The van der Waals surface area contributed by atoms with Crippen LogP contribution < -0.4 is 5.32 Å². The van der Waals surface area contributed by atoms with Crippen LogP contribution in [0.15, 0.2) is 41.0 Å². The molecule has 26 heavy (non-hydrogen) atoms. The molecule has 0 saturated carbocycles. The van der Waals surface area contributed by atoms with Gasteiger partial charge >= 0.3 is 5.82 Å². The van der Waals surface area contributed by atoms with Gasteiger partial charge in [0.15, 0.2) is 6.04 Å². The fourth-order valence-electron chi connectivity index (χ4n) is 2.80. The number of hydrogen-bond acceptors (Lipinski definition) is 5. The number of nitrogens with one attached hydrogen (secondary N) is 1. The summed E-state index contributed by atoms with van der Waals surface area (Å²) in [7, 11) is 0. The van der Waals surface area contributed by atoms with Gasteiger partial charge in [0.2, 0.25) is 0 Å². The van der Waals surface area contributed by atoms with E-state index in [1.54, 1.807) is 19.2 Å². The number of hydrogen-bond donors (Lipinski definition) is 1. The third-order valence-corrected chi connectivity index (χ3v) is 4.75. The van der Waals surface area contributed by atoms with Gasteiger partial charge in [0.05, 0.1) is 28.1 Å². The summed E-state index contributed by atoms with van der Waals surface area (Å²) in [5.74, 6) is -0.576. The highest BCUT2D eigenvalue weighted by atomic mass is 79.9. The van der Waals surface area contributed by atoms with Gasteiger partial charge in [-0.1, -0.05) is 28.9 Å². The summed E-state index contributed by atoms with van der Waals surface area (Å²) in [4.78, 5) is 27.5. The average Bonchev–Trinajstić information content (AvgIpc) is 3.00. The summed E-state index contributed by atoms with van der Waals surface area (Å²) >= 11 is 3.47. The van der Waals surface area contributed by atoms with Crippen LogP contribution in [0.3, 0.4) is 0 Å². The van der Waals surface area contributed by atoms with Crippen molar-refractivity contribution >= 4 is 44.2 Å². The van der Waals surface area contributed by atoms with E-state index in [-0.39, 0.29) is 11.7 Å². The van der Waals surface area contributed by atoms with Crippen LogP contribution >= 0.6 is 15.9 Å². The van der Waals surface area contributed by atoms with Gasteiger partial charge in [0.25, 0.3) is 5.91 Å². The maximum atomic E-state index is 12.8.